The Kier molecular flexibility index (Phi) is 9.23. The van der Waals surface area contributed by atoms with Gasteiger partial charge >= 0.3 is 12.0 Å². The van der Waals surface area contributed by atoms with Gasteiger partial charge in [0.05, 0.1) is 13.2 Å². The maximum absolute atomic E-state index is 13.6. The minimum absolute atomic E-state index is 0.126. The Morgan fingerprint density at radius 3 is 2.24 bits per heavy atom. The van der Waals surface area contributed by atoms with Gasteiger partial charge < -0.3 is 14.4 Å². The molecule has 206 valence electrons. The van der Waals surface area contributed by atoms with Gasteiger partial charge in [-0.2, -0.15) is 0 Å². The lowest BCUT2D eigenvalue weighted by molar-refractivity contribution is -0.158. The van der Waals surface area contributed by atoms with Crippen LogP contribution in [0.3, 0.4) is 0 Å². The van der Waals surface area contributed by atoms with Crippen molar-refractivity contribution in [1.82, 2.24) is 9.80 Å². The maximum Gasteiger partial charge on any atom is 0.349 e. The predicted molar refractivity (Wildman–Crippen MR) is 148 cm³/mol. The number of carbonyl (C=O) groups is 3. The van der Waals surface area contributed by atoms with Crippen LogP contribution in [0.2, 0.25) is 0 Å². The molecule has 1 unspecified atom stereocenters. The lowest BCUT2D eigenvalue weighted by Gasteiger charge is -2.31. The Bertz CT molecular complexity index is 1160. The summed E-state index contributed by atoms with van der Waals surface area (Å²) in [5.41, 5.74) is 2.46. The van der Waals surface area contributed by atoms with Crippen LogP contribution in [0, 0.1) is 13.8 Å². The molecular weight excluding hydrogens is 480 g/mol. The van der Waals surface area contributed by atoms with Gasteiger partial charge in [-0.3, -0.25) is 9.69 Å². The van der Waals surface area contributed by atoms with Crippen LogP contribution in [0.5, 0.6) is 5.75 Å². The Balaban J connectivity index is 1.65. The third kappa shape index (κ3) is 6.37. The second-order valence-electron chi connectivity index (χ2n) is 10.8. The highest BCUT2D eigenvalue weighted by Crippen LogP contribution is 2.34. The minimum atomic E-state index is -1.08. The van der Waals surface area contributed by atoms with E-state index in [0.717, 1.165) is 36.0 Å². The van der Waals surface area contributed by atoms with Crippen LogP contribution in [0.25, 0.3) is 0 Å². The molecule has 0 spiro atoms. The van der Waals surface area contributed by atoms with Crippen LogP contribution in [-0.2, 0) is 27.3 Å². The molecule has 2 aromatic rings. The van der Waals surface area contributed by atoms with E-state index in [1.54, 1.807) is 25.7 Å². The Labute approximate surface area is 227 Å². The first-order valence-corrected chi connectivity index (χ1v) is 13.6. The number of urea groups is 1. The molecule has 3 rings (SSSR count). The van der Waals surface area contributed by atoms with Gasteiger partial charge in [0.25, 0.3) is 5.91 Å². The lowest BCUT2D eigenvalue weighted by Crippen LogP contribution is -2.47. The van der Waals surface area contributed by atoms with E-state index in [1.807, 2.05) is 57.2 Å². The molecule has 1 aliphatic rings. The largest absolute Gasteiger partial charge is 0.476 e. The zero-order valence-corrected chi connectivity index (χ0v) is 23.9. The van der Waals surface area contributed by atoms with Gasteiger partial charge in [0.1, 0.15) is 11.3 Å². The number of hydrogen-bond donors (Lipinski definition) is 0. The lowest BCUT2D eigenvalue weighted by atomic mass is 9.91. The van der Waals surface area contributed by atoms with Crippen molar-refractivity contribution in [1.29, 1.82) is 0 Å². The number of nitrogens with zero attached hydrogens (tertiary/aromatic N) is 2. The van der Waals surface area contributed by atoms with Crippen LogP contribution >= 0.6 is 0 Å². The Morgan fingerprint density at radius 2 is 1.63 bits per heavy atom. The second-order valence-corrected chi connectivity index (χ2v) is 10.8. The van der Waals surface area contributed by atoms with Crippen molar-refractivity contribution in [3.8, 4) is 5.75 Å². The standard InChI is InChI=1S/C31H42N2O5/c1-8-19-33-29(36)32(21-25-13-12-22(3)23(4)20-25)27(34)31(33,7)18-10-11-24-14-16-26(17-15-24)38-30(5,6)28(35)37-9-2/h12-17,20H,8-11,18-19,21H2,1-7H3. The fourth-order valence-electron chi connectivity index (χ4n) is 4.88. The van der Waals surface area contributed by atoms with Crippen molar-refractivity contribution in [2.75, 3.05) is 13.2 Å². The maximum atomic E-state index is 13.6. The van der Waals surface area contributed by atoms with Gasteiger partial charge in [-0.25, -0.2) is 9.59 Å². The third-order valence-electron chi connectivity index (χ3n) is 7.32. The molecule has 0 N–H and O–H groups in total. The summed E-state index contributed by atoms with van der Waals surface area (Å²) >= 11 is 0. The SMILES string of the molecule is CCCN1C(=O)N(Cc2ccc(C)c(C)c2)C(=O)C1(C)CCCc1ccc(OC(C)(C)C(=O)OCC)cc1. The second kappa shape index (κ2) is 12.0. The number of ether oxygens (including phenoxy) is 2. The van der Waals surface area contributed by atoms with Crippen molar-refractivity contribution in [3.63, 3.8) is 0 Å². The zero-order valence-electron chi connectivity index (χ0n) is 23.9. The summed E-state index contributed by atoms with van der Waals surface area (Å²) in [7, 11) is 0. The summed E-state index contributed by atoms with van der Waals surface area (Å²) in [6.07, 6.45) is 2.88. The average molecular weight is 523 g/mol. The van der Waals surface area contributed by atoms with Crippen LogP contribution in [0.4, 0.5) is 4.79 Å². The molecule has 0 bridgehead atoms. The molecule has 7 heteroatoms. The van der Waals surface area contributed by atoms with E-state index in [-0.39, 0.29) is 18.5 Å². The molecule has 1 fully saturated rings. The van der Waals surface area contributed by atoms with E-state index in [0.29, 0.717) is 25.3 Å². The monoisotopic (exact) mass is 522 g/mol. The number of aryl methyl sites for hydroxylation is 3. The fraction of sp³-hybridized carbons (Fsp3) is 0.516. The number of benzene rings is 2. The molecule has 3 amide bonds. The van der Waals surface area contributed by atoms with Crippen molar-refractivity contribution in [3.05, 3.63) is 64.7 Å². The Hall–Kier alpha value is -3.35. The summed E-state index contributed by atoms with van der Waals surface area (Å²) in [4.78, 5) is 42.2. The first-order chi connectivity index (χ1) is 17.9. The quantitative estimate of drug-likeness (QED) is 0.253. The van der Waals surface area contributed by atoms with Gasteiger partial charge in [0.2, 0.25) is 0 Å². The van der Waals surface area contributed by atoms with Crippen LogP contribution in [0.15, 0.2) is 42.5 Å². The summed E-state index contributed by atoms with van der Waals surface area (Å²) in [6.45, 7) is 14.3. The van der Waals surface area contributed by atoms with Gasteiger partial charge in [-0.05, 0) is 102 Å². The molecule has 1 atom stereocenters. The minimum Gasteiger partial charge on any atom is -0.476 e. The molecule has 0 radical (unpaired) electrons. The van der Waals surface area contributed by atoms with Crippen molar-refractivity contribution >= 4 is 17.9 Å². The van der Waals surface area contributed by atoms with E-state index < -0.39 is 17.1 Å². The highest BCUT2D eigenvalue weighted by molar-refractivity contribution is 6.06. The number of imide groups is 1. The molecule has 0 aromatic heterocycles. The molecule has 0 aliphatic carbocycles. The number of esters is 1. The van der Waals surface area contributed by atoms with E-state index in [9.17, 15) is 14.4 Å². The number of rotatable bonds is 12. The molecule has 2 aromatic carbocycles. The van der Waals surface area contributed by atoms with E-state index in [4.69, 9.17) is 9.47 Å². The summed E-state index contributed by atoms with van der Waals surface area (Å²) in [5, 5.41) is 0. The van der Waals surface area contributed by atoms with Gasteiger partial charge in [-0.1, -0.05) is 37.3 Å². The number of carbonyl (C=O) groups excluding carboxylic acids is 3. The molecule has 1 heterocycles. The summed E-state index contributed by atoms with van der Waals surface area (Å²) in [6, 6.07) is 13.5. The van der Waals surface area contributed by atoms with Crippen molar-refractivity contribution < 1.29 is 23.9 Å². The highest BCUT2D eigenvalue weighted by Gasteiger charge is 2.53. The van der Waals surface area contributed by atoms with Gasteiger partial charge in [0.15, 0.2) is 5.60 Å². The summed E-state index contributed by atoms with van der Waals surface area (Å²) < 4.78 is 10.9. The molecule has 1 aliphatic heterocycles. The van der Waals surface area contributed by atoms with E-state index in [1.165, 1.54) is 10.5 Å². The molecular formula is C31H42N2O5. The molecule has 1 saturated heterocycles. The fourth-order valence-corrected chi connectivity index (χ4v) is 4.88. The first kappa shape index (κ1) is 29.2. The van der Waals surface area contributed by atoms with Gasteiger partial charge in [-0.15, -0.1) is 0 Å². The molecule has 38 heavy (non-hydrogen) atoms. The van der Waals surface area contributed by atoms with E-state index >= 15 is 0 Å². The molecule has 7 nitrogen and oxygen atoms in total. The number of hydrogen-bond acceptors (Lipinski definition) is 5. The zero-order chi connectivity index (χ0) is 28.1. The third-order valence-corrected chi connectivity index (χ3v) is 7.32. The van der Waals surface area contributed by atoms with Crippen molar-refractivity contribution in [2.24, 2.45) is 0 Å². The Morgan fingerprint density at radius 1 is 0.974 bits per heavy atom. The van der Waals surface area contributed by atoms with Crippen LogP contribution in [-0.4, -0.2) is 52.0 Å². The normalized spacial score (nSPS) is 17.8. The van der Waals surface area contributed by atoms with Crippen molar-refractivity contribution in [2.45, 2.75) is 91.8 Å². The molecule has 0 saturated carbocycles. The summed E-state index contributed by atoms with van der Waals surface area (Å²) in [5.74, 6) is 0.0573. The van der Waals surface area contributed by atoms with Crippen LogP contribution < -0.4 is 4.74 Å². The first-order valence-electron chi connectivity index (χ1n) is 13.6. The smallest absolute Gasteiger partial charge is 0.349 e. The van der Waals surface area contributed by atoms with Crippen LogP contribution in [0.1, 0.15) is 76.1 Å². The topological polar surface area (TPSA) is 76.2 Å². The average Bonchev–Trinajstić information content (AvgIpc) is 3.03. The predicted octanol–water partition coefficient (Wildman–Crippen LogP) is 5.98. The highest BCUT2D eigenvalue weighted by atomic mass is 16.6. The number of amides is 3. The van der Waals surface area contributed by atoms with E-state index in [2.05, 4.69) is 13.0 Å². The van der Waals surface area contributed by atoms with Gasteiger partial charge in [0, 0.05) is 6.54 Å².